The Kier molecular flexibility index (Phi) is 3.43. The average Bonchev–Trinajstić information content (AvgIpc) is 3.12. The highest BCUT2D eigenvalue weighted by atomic mass is 32.1. The molecule has 0 bridgehead atoms. The summed E-state index contributed by atoms with van der Waals surface area (Å²) in [6, 6.07) is 0. The Morgan fingerprint density at radius 2 is 2.00 bits per heavy atom. The summed E-state index contributed by atoms with van der Waals surface area (Å²) in [6.45, 7) is 6.92. The van der Waals surface area contributed by atoms with Crippen LogP contribution in [0.15, 0.2) is 6.08 Å². The Morgan fingerprint density at radius 3 is 2.77 bits per heavy atom. The maximum Gasteiger partial charge on any atom is 0.130 e. The van der Waals surface area contributed by atoms with Crippen molar-refractivity contribution in [2.75, 3.05) is 0 Å². The monoisotopic (exact) mass is 367 g/mol. The van der Waals surface area contributed by atoms with Crippen molar-refractivity contribution in [1.82, 2.24) is 4.98 Å². The second-order valence-electron chi connectivity index (χ2n) is 9.66. The lowest BCUT2D eigenvalue weighted by Gasteiger charge is -2.57. The largest absolute Gasteiger partial charge is 0.377 e. The van der Waals surface area contributed by atoms with E-state index in [0.717, 1.165) is 38.0 Å². The highest BCUT2D eigenvalue weighted by Gasteiger charge is 2.63. The summed E-state index contributed by atoms with van der Waals surface area (Å²) in [7, 11) is 0. The smallest absolute Gasteiger partial charge is 0.130 e. The zero-order valence-electron chi connectivity index (χ0n) is 16.1. The minimum Gasteiger partial charge on any atom is -0.377 e. The molecule has 0 saturated heterocycles. The van der Waals surface area contributed by atoms with E-state index < -0.39 is 5.60 Å². The van der Waals surface area contributed by atoms with Crippen molar-refractivity contribution in [3.8, 4) is 12.3 Å². The predicted octanol–water partition coefficient (Wildman–Crippen LogP) is 5.00. The Balaban J connectivity index is 1.57. The molecule has 26 heavy (non-hydrogen) atoms. The molecule has 6 atom stereocenters. The third-order valence-corrected chi connectivity index (χ3v) is 9.83. The highest BCUT2D eigenvalue weighted by molar-refractivity contribution is 7.12. The molecule has 0 spiro atoms. The molecule has 0 unspecified atom stereocenters. The normalized spacial score (nSPS) is 46.4. The van der Waals surface area contributed by atoms with E-state index in [1.165, 1.54) is 28.4 Å². The van der Waals surface area contributed by atoms with Gasteiger partial charge < -0.3 is 5.11 Å². The number of hydrogen-bond acceptors (Lipinski definition) is 3. The molecule has 0 radical (unpaired) electrons. The minimum atomic E-state index is -0.901. The molecule has 5 rings (SSSR count). The number of hydrogen-bond donors (Lipinski definition) is 1. The third-order valence-electron chi connectivity index (χ3n) is 8.79. The van der Waals surface area contributed by atoms with Gasteiger partial charge in [-0.15, -0.1) is 17.8 Å². The van der Waals surface area contributed by atoms with Crippen LogP contribution in [0.5, 0.6) is 0 Å². The Labute approximate surface area is 161 Å². The summed E-state index contributed by atoms with van der Waals surface area (Å²) in [6.07, 6.45) is 15.9. The zero-order chi connectivity index (χ0) is 18.3. The maximum atomic E-state index is 11.1. The van der Waals surface area contributed by atoms with Crippen LogP contribution >= 0.6 is 11.3 Å². The van der Waals surface area contributed by atoms with Crippen LogP contribution in [0.1, 0.15) is 68.0 Å². The molecule has 1 N–H and O–H groups in total. The molecule has 138 valence electrons. The van der Waals surface area contributed by atoms with Gasteiger partial charge in [0.15, 0.2) is 0 Å². The molecule has 0 aliphatic heterocycles. The topological polar surface area (TPSA) is 33.1 Å². The van der Waals surface area contributed by atoms with Gasteiger partial charge in [0, 0.05) is 5.41 Å². The first-order valence-corrected chi connectivity index (χ1v) is 11.0. The van der Waals surface area contributed by atoms with Crippen molar-refractivity contribution < 1.29 is 5.11 Å². The summed E-state index contributed by atoms with van der Waals surface area (Å²) in [4.78, 5) is 6.26. The van der Waals surface area contributed by atoms with E-state index in [-0.39, 0.29) is 10.8 Å². The molecule has 4 aliphatic rings. The van der Waals surface area contributed by atoms with Crippen molar-refractivity contribution in [2.24, 2.45) is 28.6 Å². The molecule has 3 heteroatoms. The van der Waals surface area contributed by atoms with Crippen molar-refractivity contribution in [3.63, 3.8) is 0 Å². The van der Waals surface area contributed by atoms with E-state index in [4.69, 9.17) is 11.4 Å². The van der Waals surface area contributed by atoms with Gasteiger partial charge >= 0.3 is 0 Å². The van der Waals surface area contributed by atoms with Crippen molar-refractivity contribution >= 4 is 16.9 Å². The van der Waals surface area contributed by atoms with Crippen LogP contribution in [-0.2, 0) is 6.42 Å². The molecule has 2 nitrogen and oxygen atoms in total. The molecule has 1 aromatic heterocycles. The summed E-state index contributed by atoms with van der Waals surface area (Å²) in [5.74, 6) is 4.73. The minimum absolute atomic E-state index is 0.106. The van der Waals surface area contributed by atoms with E-state index in [0.29, 0.717) is 11.8 Å². The van der Waals surface area contributed by atoms with E-state index in [2.05, 4.69) is 32.8 Å². The van der Waals surface area contributed by atoms with Crippen molar-refractivity contribution in [3.05, 3.63) is 21.7 Å². The maximum absolute atomic E-state index is 11.1. The summed E-state index contributed by atoms with van der Waals surface area (Å²) in [5, 5.41) is 12.3. The molecular formula is C23H29NOS. The fraction of sp³-hybridized carbons (Fsp3) is 0.696. The zero-order valence-corrected chi connectivity index (χ0v) is 17.0. The van der Waals surface area contributed by atoms with E-state index >= 15 is 0 Å². The van der Waals surface area contributed by atoms with Gasteiger partial charge in [0.25, 0.3) is 0 Å². The first kappa shape index (κ1) is 17.0. The lowest BCUT2D eigenvalue weighted by atomic mass is 9.47. The first-order chi connectivity index (χ1) is 12.3. The molecule has 0 aromatic carbocycles. The van der Waals surface area contributed by atoms with Gasteiger partial charge in [0.1, 0.15) is 5.60 Å². The van der Waals surface area contributed by atoms with Crippen LogP contribution in [0, 0.1) is 47.9 Å². The van der Waals surface area contributed by atoms with Crippen molar-refractivity contribution in [1.29, 1.82) is 0 Å². The molecule has 0 amide bonds. The molecule has 2 fully saturated rings. The Morgan fingerprint density at radius 1 is 1.23 bits per heavy atom. The first-order valence-electron chi connectivity index (χ1n) is 10.2. The summed E-state index contributed by atoms with van der Waals surface area (Å²) >= 11 is 1.89. The second kappa shape index (κ2) is 5.24. The van der Waals surface area contributed by atoms with Gasteiger partial charge in [-0.3, -0.25) is 0 Å². The number of rotatable bonds is 0. The van der Waals surface area contributed by atoms with E-state index in [9.17, 15) is 5.11 Å². The van der Waals surface area contributed by atoms with Crippen LogP contribution in [0.4, 0.5) is 0 Å². The van der Waals surface area contributed by atoms with Gasteiger partial charge in [0.2, 0.25) is 0 Å². The number of fused-ring (bicyclic) bond motifs is 7. The van der Waals surface area contributed by atoms with E-state index in [1.807, 2.05) is 11.3 Å². The third kappa shape index (κ3) is 1.90. The number of terminal acetylenes is 1. The molecule has 2 saturated carbocycles. The quantitative estimate of drug-likeness (QED) is 0.655. The van der Waals surface area contributed by atoms with Gasteiger partial charge in [-0.05, 0) is 80.6 Å². The lowest BCUT2D eigenvalue weighted by Crippen LogP contribution is -2.53. The molecule has 1 heterocycles. The number of aryl methyl sites for hydroxylation is 2. The Hall–Kier alpha value is -1.11. The lowest BCUT2D eigenvalue weighted by molar-refractivity contribution is -0.0886. The van der Waals surface area contributed by atoms with Gasteiger partial charge in [0.05, 0.1) is 15.6 Å². The fourth-order valence-corrected chi connectivity index (χ4v) is 8.39. The Bertz CT molecular complexity index is 847. The highest BCUT2D eigenvalue weighted by Crippen LogP contribution is 2.68. The number of thiazole rings is 1. The second-order valence-corrected chi connectivity index (χ2v) is 10.9. The fourth-order valence-electron chi connectivity index (χ4n) is 7.25. The van der Waals surface area contributed by atoms with Gasteiger partial charge in [-0.25, -0.2) is 4.98 Å². The summed E-state index contributed by atoms with van der Waals surface area (Å²) in [5.41, 5.74) is 2.18. The standard InChI is InChI=1S/C23H29NOS/c1-5-23(25)13-9-17-15-6-7-18-20-19(24-14(2)26-20)10-11-21(18,3)16(15)8-12-22(17,23)4/h1,7,15-17,25H,6,8-13H2,2-4H3/t15-,16+,17+,21-,22+,23+/m1/s1. The average molecular weight is 368 g/mol. The number of aliphatic hydroxyl groups is 1. The predicted molar refractivity (Wildman–Crippen MR) is 107 cm³/mol. The van der Waals surface area contributed by atoms with Crippen LogP contribution < -0.4 is 0 Å². The van der Waals surface area contributed by atoms with E-state index in [1.54, 1.807) is 5.57 Å². The number of nitrogens with zero attached hydrogens (tertiary/aromatic N) is 1. The molecular weight excluding hydrogens is 338 g/mol. The molecule has 1 aromatic rings. The van der Waals surface area contributed by atoms with Crippen LogP contribution in [0.25, 0.3) is 5.57 Å². The van der Waals surface area contributed by atoms with Crippen LogP contribution in [0.2, 0.25) is 0 Å². The van der Waals surface area contributed by atoms with Crippen LogP contribution in [0.3, 0.4) is 0 Å². The summed E-state index contributed by atoms with van der Waals surface area (Å²) < 4.78 is 0. The molecule has 4 aliphatic carbocycles. The van der Waals surface area contributed by atoms with Crippen LogP contribution in [-0.4, -0.2) is 15.7 Å². The number of aromatic nitrogens is 1. The van der Waals surface area contributed by atoms with Crippen molar-refractivity contribution in [2.45, 2.75) is 71.3 Å². The number of allylic oxidation sites excluding steroid dienone is 2. The van der Waals surface area contributed by atoms with Gasteiger partial charge in [-0.1, -0.05) is 25.8 Å². The van der Waals surface area contributed by atoms with Gasteiger partial charge in [-0.2, -0.15) is 0 Å². The SMILES string of the molecule is C#C[C@]1(O)CC[C@H]2[C@@H]3CC=C4c5sc(C)nc5CC[C@]4(C)[C@H]3CC[C@@]21C.